The number of amides is 1. The lowest BCUT2D eigenvalue weighted by Crippen LogP contribution is -2.16. The van der Waals surface area contributed by atoms with E-state index in [9.17, 15) is 4.79 Å². The van der Waals surface area contributed by atoms with Gasteiger partial charge in [0.25, 0.3) is 5.91 Å². The zero-order valence-corrected chi connectivity index (χ0v) is 14.3. The van der Waals surface area contributed by atoms with Crippen LogP contribution in [-0.4, -0.2) is 20.9 Å². The molecule has 0 saturated heterocycles. The minimum Gasteiger partial charge on any atom is -0.350 e. The van der Waals surface area contributed by atoms with Gasteiger partial charge in [0.1, 0.15) is 5.69 Å². The largest absolute Gasteiger partial charge is 0.350 e. The molecule has 0 spiro atoms. The van der Waals surface area contributed by atoms with Crippen LogP contribution in [0.3, 0.4) is 0 Å². The summed E-state index contributed by atoms with van der Waals surface area (Å²) in [7, 11) is 0. The van der Waals surface area contributed by atoms with Gasteiger partial charge in [-0.2, -0.15) is 0 Å². The van der Waals surface area contributed by atoms with Gasteiger partial charge in [-0.25, -0.2) is 9.97 Å². The zero-order valence-electron chi connectivity index (χ0n) is 13.5. The smallest absolute Gasteiger partial charge is 0.274 e. The lowest BCUT2D eigenvalue weighted by atomic mass is 10.2. The fraction of sp³-hybridized carbons (Fsp3) is 0.111. The quantitative estimate of drug-likeness (QED) is 0.731. The van der Waals surface area contributed by atoms with Crippen molar-refractivity contribution in [2.45, 2.75) is 13.5 Å². The Kier molecular flexibility index (Phi) is 5.20. The molecular weight excluding hydrogens is 338 g/mol. The number of carbonyl (C=O) groups is 1. The first-order chi connectivity index (χ1) is 12.1. The van der Waals surface area contributed by atoms with Gasteiger partial charge in [0, 0.05) is 35.8 Å². The fourth-order valence-electron chi connectivity index (χ4n) is 2.17. The Morgan fingerprint density at radius 2 is 1.92 bits per heavy atom. The van der Waals surface area contributed by atoms with Gasteiger partial charge in [0.2, 0.25) is 5.95 Å². The van der Waals surface area contributed by atoms with E-state index in [1.54, 1.807) is 36.8 Å². The third kappa shape index (κ3) is 4.51. The van der Waals surface area contributed by atoms with E-state index < -0.39 is 0 Å². The normalized spacial score (nSPS) is 10.3. The Morgan fingerprint density at radius 1 is 1.12 bits per heavy atom. The molecule has 25 heavy (non-hydrogen) atoms. The van der Waals surface area contributed by atoms with Crippen LogP contribution in [0, 0.1) is 6.92 Å². The summed E-state index contributed by atoms with van der Waals surface area (Å²) >= 11 is 5.98. The number of halogens is 1. The van der Waals surface area contributed by atoms with E-state index in [0.717, 1.165) is 11.1 Å². The summed E-state index contributed by atoms with van der Waals surface area (Å²) in [6.45, 7) is 2.44. The Bertz CT molecular complexity index is 886. The number of pyridine rings is 1. The first-order valence-electron chi connectivity index (χ1n) is 7.65. The van der Waals surface area contributed by atoms with Gasteiger partial charge in [0.05, 0.1) is 0 Å². The van der Waals surface area contributed by atoms with Crippen LogP contribution in [0.15, 0.2) is 55.0 Å². The standard InChI is InChI=1S/C18H16ClN5O/c1-12-2-3-14(19)10-16(12)23-17(25)15-6-9-21-18(24-15)22-11-13-4-7-20-8-5-13/h2-10H,11H2,1H3,(H,23,25)(H,21,22,24). The molecule has 1 aromatic carbocycles. The van der Waals surface area contributed by atoms with Gasteiger partial charge in [-0.1, -0.05) is 17.7 Å². The molecule has 126 valence electrons. The van der Waals surface area contributed by atoms with Crippen molar-refractivity contribution in [2.24, 2.45) is 0 Å². The topological polar surface area (TPSA) is 79.8 Å². The summed E-state index contributed by atoms with van der Waals surface area (Å²) in [4.78, 5) is 24.8. The number of benzene rings is 1. The third-order valence-corrected chi connectivity index (χ3v) is 3.77. The van der Waals surface area contributed by atoms with E-state index in [1.807, 2.05) is 25.1 Å². The number of aromatic nitrogens is 3. The maximum atomic E-state index is 12.4. The fourth-order valence-corrected chi connectivity index (χ4v) is 2.34. The molecule has 0 aliphatic heterocycles. The van der Waals surface area contributed by atoms with Crippen LogP contribution in [0.2, 0.25) is 5.02 Å². The summed E-state index contributed by atoms with van der Waals surface area (Å²) < 4.78 is 0. The van der Waals surface area contributed by atoms with Crippen LogP contribution < -0.4 is 10.6 Å². The number of hydrogen-bond acceptors (Lipinski definition) is 5. The van der Waals surface area contributed by atoms with E-state index >= 15 is 0 Å². The Labute approximate surface area is 150 Å². The van der Waals surface area contributed by atoms with E-state index in [1.165, 1.54) is 0 Å². The van der Waals surface area contributed by atoms with Gasteiger partial charge >= 0.3 is 0 Å². The number of nitrogens with one attached hydrogen (secondary N) is 2. The summed E-state index contributed by atoms with van der Waals surface area (Å²) in [6, 6.07) is 10.7. The molecule has 3 aromatic rings. The zero-order chi connectivity index (χ0) is 17.6. The van der Waals surface area contributed by atoms with Gasteiger partial charge in [-0.05, 0) is 48.4 Å². The van der Waals surface area contributed by atoms with Crippen LogP contribution in [0.4, 0.5) is 11.6 Å². The average Bonchev–Trinajstić information content (AvgIpc) is 2.64. The molecule has 0 saturated carbocycles. The van der Waals surface area contributed by atoms with Crippen LogP contribution in [0.25, 0.3) is 0 Å². The highest BCUT2D eigenvalue weighted by Gasteiger charge is 2.11. The minimum atomic E-state index is -0.320. The molecule has 0 aliphatic carbocycles. The van der Waals surface area contributed by atoms with Crippen molar-refractivity contribution in [2.75, 3.05) is 10.6 Å². The van der Waals surface area contributed by atoms with Crippen LogP contribution in [0.5, 0.6) is 0 Å². The second-order valence-corrected chi connectivity index (χ2v) is 5.82. The molecule has 0 unspecified atom stereocenters. The molecule has 0 fully saturated rings. The number of rotatable bonds is 5. The molecule has 0 atom stereocenters. The van der Waals surface area contributed by atoms with Crippen molar-refractivity contribution in [3.63, 3.8) is 0 Å². The minimum absolute atomic E-state index is 0.270. The first kappa shape index (κ1) is 16.9. The SMILES string of the molecule is Cc1ccc(Cl)cc1NC(=O)c1ccnc(NCc2ccncc2)n1. The molecule has 3 rings (SSSR count). The number of anilines is 2. The van der Waals surface area contributed by atoms with Crippen molar-refractivity contribution in [3.8, 4) is 0 Å². The Hall–Kier alpha value is -2.99. The van der Waals surface area contributed by atoms with Crippen LogP contribution in [-0.2, 0) is 6.54 Å². The maximum Gasteiger partial charge on any atom is 0.274 e. The second kappa shape index (κ2) is 7.72. The molecule has 6 nitrogen and oxygen atoms in total. The molecule has 1 amide bonds. The Morgan fingerprint density at radius 3 is 2.72 bits per heavy atom. The van der Waals surface area contributed by atoms with Gasteiger partial charge < -0.3 is 10.6 Å². The molecule has 0 radical (unpaired) electrons. The number of hydrogen-bond donors (Lipinski definition) is 2. The van der Waals surface area contributed by atoms with Crippen molar-refractivity contribution in [1.82, 2.24) is 15.0 Å². The van der Waals surface area contributed by atoms with Crippen molar-refractivity contribution in [1.29, 1.82) is 0 Å². The van der Waals surface area contributed by atoms with Crippen molar-refractivity contribution in [3.05, 3.63) is 76.8 Å². The summed E-state index contributed by atoms with van der Waals surface area (Å²) in [5, 5.41) is 6.47. The predicted octanol–water partition coefficient (Wildman–Crippen LogP) is 3.70. The Balaban J connectivity index is 1.70. The van der Waals surface area contributed by atoms with Gasteiger partial charge in [0.15, 0.2) is 0 Å². The average molecular weight is 354 g/mol. The number of carbonyl (C=O) groups excluding carboxylic acids is 1. The molecule has 2 heterocycles. The molecule has 2 aromatic heterocycles. The van der Waals surface area contributed by atoms with Gasteiger partial charge in [-0.15, -0.1) is 0 Å². The molecule has 0 aliphatic rings. The lowest BCUT2D eigenvalue weighted by Gasteiger charge is -2.09. The summed E-state index contributed by atoms with van der Waals surface area (Å²) in [5.74, 6) is 0.0620. The van der Waals surface area contributed by atoms with Crippen LogP contribution >= 0.6 is 11.6 Å². The summed E-state index contributed by atoms with van der Waals surface area (Å²) in [5.41, 5.74) is 2.89. The van der Waals surface area contributed by atoms with E-state index in [4.69, 9.17) is 11.6 Å². The van der Waals surface area contributed by atoms with E-state index in [0.29, 0.717) is 23.2 Å². The first-order valence-corrected chi connectivity index (χ1v) is 8.03. The van der Waals surface area contributed by atoms with E-state index in [-0.39, 0.29) is 11.6 Å². The highest BCUT2D eigenvalue weighted by atomic mass is 35.5. The predicted molar refractivity (Wildman–Crippen MR) is 97.7 cm³/mol. The molecule has 0 bridgehead atoms. The van der Waals surface area contributed by atoms with E-state index in [2.05, 4.69) is 25.6 Å². The van der Waals surface area contributed by atoms with Crippen LogP contribution in [0.1, 0.15) is 21.6 Å². The number of aryl methyl sites for hydroxylation is 1. The van der Waals surface area contributed by atoms with Crippen molar-refractivity contribution < 1.29 is 4.79 Å². The van der Waals surface area contributed by atoms with Crippen molar-refractivity contribution >= 4 is 29.1 Å². The lowest BCUT2D eigenvalue weighted by molar-refractivity contribution is 0.102. The second-order valence-electron chi connectivity index (χ2n) is 5.39. The highest BCUT2D eigenvalue weighted by Crippen LogP contribution is 2.20. The van der Waals surface area contributed by atoms with Gasteiger partial charge in [-0.3, -0.25) is 9.78 Å². The monoisotopic (exact) mass is 353 g/mol. The number of nitrogens with zero attached hydrogens (tertiary/aromatic N) is 3. The molecular formula is C18H16ClN5O. The summed E-state index contributed by atoms with van der Waals surface area (Å²) in [6.07, 6.45) is 4.98. The molecule has 7 heteroatoms. The maximum absolute atomic E-state index is 12.4. The third-order valence-electron chi connectivity index (χ3n) is 3.54. The molecule has 2 N–H and O–H groups in total. The highest BCUT2D eigenvalue weighted by molar-refractivity contribution is 6.31.